The molecule has 7 nitrogen and oxygen atoms in total. The molecule has 0 bridgehead atoms. The number of carbonyl (C=O) groups excluding carboxylic acids is 2. The van der Waals surface area contributed by atoms with Crippen LogP contribution in [0.3, 0.4) is 0 Å². The van der Waals surface area contributed by atoms with Crippen LogP contribution in [0.5, 0.6) is 5.75 Å². The fraction of sp³-hybridized carbons (Fsp3) is 0.333. The Hall–Kier alpha value is -4.24. The molecule has 6 rings (SSSR count). The SMILES string of the molecule is COc1ccc([Si](C)(C)[C@H]2[C@H](CC(=O)N(CCO)Cc3ccccc3)O[C@@]3(C(=O)N(Cc4ccccc4)c4ccccc43)[C@@H]2C)cc1. The number of amides is 2. The highest BCUT2D eigenvalue weighted by molar-refractivity contribution is 6.91. The minimum atomic E-state index is -2.41. The Morgan fingerprint density at radius 1 is 0.915 bits per heavy atom. The smallest absolute Gasteiger partial charge is 0.264 e. The largest absolute Gasteiger partial charge is 0.497 e. The molecule has 2 aliphatic rings. The number of benzene rings is 4. The average molecular weight is 649 g/mol. The standard InChI is InChI=1S/C39H44N2O5Si/c1-28-37(47(3,4)32-21-19-31(45-2)20-22-32)35(25-36(43)40(23-24-42)26-29-13-7-5-8-14-29)46-39(28)33-17-11-12-18-34(33)41(38(39)44)27-30-15-9-6-10-16-30/h5-22,28,35,37,42H,23-27H2,1-4H3/t28-,35+,37-,39+/m1/s1. The minimum Gasteiger partial charge on any atom is -0.497 e. The van der Waals surface area contributed by atoms with Crippen LogP contribution in [0.4, 0.5) is 5.69 Å². The van der Waals surface area contributed by atoms with E-state index in [2.05, 4.69) is 32.2 Å². The number of aliphatic hydroxyl groups excluding tert-OH is 1. The Bertz CT molecular complexity index is 1700. The lowest BCUT2D eigenvalue weighted by Crippen LogP contribution is -2.52. The minimum absolute atomic E-state index is 0.0683. The third-order valence-electron chi connectivity index (χ3n) is 10.2. The molecule has 0 unspecified atom stereocenters. The van der Waals surface area contributed by atoms with Gasteiger partial charge in [0.15, 0.2) is 5.60 Å². The highest BCUT2D eigenvalue weighted by Crippen LogP contribution is 2.60. The molecule has 4 atom stereocenters. The molecule has 47 heavy (non-hydrogen) atoms. The first-order valence-corrected chi connectivity index (χ1v) is 19.5. The van der Waals surface area contributed by atoms with Crippen LogP contribution in [0.2, 0.25) is 18.6 Å². The molecular formula is C39H44N2O5Si. The lowest BCUT2D eigenvalue weighted by molar-refractivity contribution is -0.150. The van der Waals surface area contributed by atoms with Crippen LogP contribution in [0.1, 0.15) is 30.0 Å². The van der Waals surface area contributed by atoms with Crippen molar-refractivity contribution in [3.05, 3.63) is 126 Å². The Labute approximate surface area is 278 Å². The molecule has 1 N–H and O–H groups in total. The molecule has 4 aromatic carbocycles. The normalized spacial score (nSPS) is 22.0. The summed E-state index contributed by atoms with van der Waals surface area (Å²) in [6, 6.07) is 36.0. The zero-order chi connectivity index (χ0) is 33.2. The fourth-order valence-electron chi connectivity index (χ4n) is 7.91. The van der Waals surface area contributed by atoms with E-state index in [9.17, 15) is 14.7 Å². The lowest BCUT2D eigenvalue weighted by Gasteiger charge is -2.37. The summed E-state index contributed by atoms with van der Waals surface area (Å²) in [6.45, 7) is 7.69. The Kier molecular flexibility index (Phi) is 9.37. The van der Waals surface area contributed by atoms with Gasteiger partial charge in [-0.05, 0) is 34.9 Å². The van der Waals surface area contributed by atoms with Gasteiger partial charge in [0, 0.05) is 24.6 Å². The first-order chi connectivity index (χ1) is 22.7. The van der Waals surface area contributed by atoms with E-state index in [1.54, 1.807) is 12.0 Å². The van der Waals surface area contributed by atoms with Gasteiger partial charge in [-0.3, -0.25) is 9.59 Å². The van der Waals surface area contributed by atoms with Crippen molar-refractivity contribution in [1.82, 2.24) is 4.90 Å². The van der Waals surface area contributed by atoms with Crippen molar-refractivity contribution >= 4 is 30.8 Å². The van der Waals surface area contributed by atoms with Crippen molar-refractivity contribution in [3.63, 3.8) is 0 Å². The molecule has 1 saturated heterocycles. The molecule has 0 radical (unpaired) electrons. The topological polar surface area (TPSA) is 79.3 Å². The van der Waals surface area contributed by atoms with Gasteiger partial charge in [-0.15, -0.1) is 0 Å². The van der Waals surface area contributed by atoms with E-state index in [4.69, 9.17) is 9.47 Å². The Morgan fingerprint density at radius 2 is 1.53 bits per heavy atom. The van der Waals surface area contributed by atoms with E-state index in [1.807, 2.05) is 102 Å². The molecule has 0 saturated carbocycles. The van der Waals surface area contributed by atoms with Crippen LogP contribution in [0.15, 0.2) is 109 Å². The third-order valence-corrected chi connectivity index (χ3v) is 14.6. The second kappa shape index (κ2) is 13.5. The number of ether oxygens (including phenoxy) is 2. The molecule has 2 heterocycles. The number of rotatable bonds is 11. The predicted molar refractivity (Wildman–Crippen MR) is 187 cm³/mol. The van der Waals surface area contributed by atoms with Crippen molar-refractivity contribution in [1.29, 1.82) is 0 Å². The highest BCUT2D eigenvalue weighted by Gasteiger charge is 2.66. The number of para-hydroxylation sites is 1. The van der Waals surface area contributed by atoms with E-state index in [1.165, 1.54) is 5.19 Å². The summed E-state index contributed by atoms with van der Waals surface area (Å²) in [5, 5.41) is 11.1. The maximum atomic E-state index is 14.9. The van der Waals surface area contributed by atoms with Crippen LogP contribution in [0.25, 0.3) is 0 Å². The van der Waals surface area contributed by atoms with Gasteiger partial charge < -0.3 is 24.4 Å². The van der Waals surface area contributed by atoms with Gasteiger partial charge in [0.05, 0.1) is 46.5 Å². The van der Waals surface area contributed by atoms with Gasteiger partial charge in [-0.25, -0.2) is 0 Å². The lowest BCUT2D eigenvalue weighted by atomic mass is 9.82. The zero-order valence-electron chi connectivity index (χ0n) is 27.6. The van der Waals surface area contributed by atoms with Gasteiger partial charge in [0.25, 0.3) is 5.91 Å². The summed E-state index contributed by atoms with van der Waals surface area (Å²) < 4.78 is 12.6. The zero-order valence-corrected chi connectivity index (χ0v) is 28.6. The number of methoxy groups -OCH3 is 1. The average Bonchev–Trinajstić information content (AvgIpc) is 3.51. The van der Waals surface area contributed by atoms with Crippen LogP contribution < -0.4 is 14.8 Å². The van der Waals surface area contributed by atoms with E-state index >= 15 is 0 Å². The van der Waals surface area contributed by atoms with Crippen molar-refractivity contribution in [3.8, 4) is 5.75 Å². The number of anilines is 1. The molecule has 2 aliphatic heterocycles. The van der Waals surface area contributed by atoms with E-state index < -0.39 is 19.8 Å². The summed E-state index contributed by atoms with van der Waals surface area (Å²) in [5.41, 5.74) is 2.46. The molecule has 1 spiro atoms. The summed E-state index contributed by atoms with van der Waals surface area (Å²) in [4.78, 5) is 32.6. The number of nitrogens with zero attached hydrogens (tertiary/aromatic N) is 2. The van der Waals surface area contributed by atoms with Gasteiger partial charge in [0.2, 0.25) is 5.91 Å². The fourth-order valence-corrected chi connectivity index (χ4v) is 11.9. The van der Waals surface area contributed by atoms with Crippen LogP contribution in [-0.4, -0.2) is 56.3 Å². The van der Waals surface area contributed by atoms with Crippen molar-refractivity contribution in [2.75, 3.05) is 25.2 Å². The highest BCUT2D eigenvalue weighted by atomic mass is 28.3. The molecular weight excluding hydrogens is 605 g/mol. The van der Waals surface area contributed by atoms with Crippen molar-refractivity contribution < 1.29 is 24.2 Å². The Morgan fingerprint density at radius 3 is 2.17 bits per heavy atom. The van der Waals surface area contributed by atoms with E-state index in [0.717, 1.165) is 28.1 Å². The Balaban J connectivity index is 1.41. The van der Waals surface area contributed by atoms with E-state index in [-0.39, 0.29) is 42.8 Å². The van der Waals surface area contributed by atoms with Crippen LogP contribution >= 0.6 is 0 Å². The maximum Gasteiger partial charge on any atom is 0.264 e. The van der Waals surface area contributed by atoms with E-state index in [0.29, 0.717) is 13.1 Å². The third kappa shape index (κ3) is 6.01. The summed E-state index contributed by atoms with van der Waals surface area (Å²) in [6.07, 6.45) is -0.392. The molecule has 2 amide bonds. The van der Waals surface area contributed by atoms with Gasteiger partial charge >= 0.3 is 0 Å². The number of hydrogen-bond donors (Lipinski definition) is 1. The second-order valence-corrected chi connectivity index (χ2v) is 18.0. The molecule has 244 valence electrons. The second-order valence-electron chi connectivity index (χ2n) is 13.3. The number of carbonyl (C=O) groups is 2. The molecule has 4 aromatic rings. The van der Waals surface area contributed by atoms with Gasteiger partial charge in [-0.1, -0.05) is 116 Å². The van der Waals surface area contributed by atoms with Crippen LogP contribution in [-0.2, 0) is 33.0 Å². The quantitative estimate of drug-likeness (QED) is 0.206. The molecule has 0 aromatic heterocycles. The number of aliphatic hydroxyl groups is 1. The number of fused-ring (bicyclic) bond motifs is 2. The summed E-state index contributed by atoms with van der Waals surface area (Å²) in [7, 11) is -0.754. The first kappa shape index (κ1) is 32.7. The van der Waals surface area contributed by atoms with Gasteiger partial charge in [0.1, 0.15) is 5.75 Å². The number of hydrogen-bond acceptors (Lipinski definition) is 5. The first-order valence-electron chi connectivity index (χ1n) is 16.4. The molecule has 8 heteroatoms. The van der Waals surface area contributed by atoms with Gasteiger partial charge in [-0.2, -0.15) is 0 Å². The van der Waals surface area contributed by atoms with Crippen LogP contribution in [0, 0.1) is 5.92 Å². The maximum absolute atomic E-state index is 14.9. The van der Waals surface area contributed by atoms with Crippen molar-refractivity contribution in [2.45, 2.75) is 56.8 Å². The monoisotopic (exact) mass is 648 g/mol. The molecule has 1 fully saturated rings. The molecule has 0 aliphatic carbocycles. The van der Waals surface area contributed by atoms with Crippen molar-refractivity contribution in [2.24, 2.45) is 5.92 Å². The predicted octanol–water partition coefficient (Wildman–Crippen LogP) is 5.87. The summed E-state index contributed by atoms with van der Waals surface area (Å²) >= 11 is 0. The summed E-state index contributed by atoms with van der Waals surface area (Å²) in [5.74, 6) is 0.404.